The number of nitrogens with one attached hydrogen (secondary N) is 1. The summed E-state index contributed by atoms with van der Waals surface area (Å²) < 4.78 is 0. The molecule has 1 amide bonds. The summed E-state index contributed by atoms with van der Waals surface area (Å²) in [5.74, 6) is -1.42. The molecule has 0 saturated heterocycles. The van der Waals surface area contributed by atoms with E-state index in [1.54, 1.807) is 12.1 Å². The first-order valence-corrected chi connectivity index (χ1v) is 6.43. The maximum Gasteiger partial charge on any atom is 0.332 e. The molecule has 1 rings (SSSR count). The summed E-state index contributed by atoms with van der Waals surface area (Å²) in [7, 11) is 0. The second-order valence-electron chi connectivity index (χ2n) is 4.76. The van der Waals surface area contributed by atoms with Crippen molar-refractivity contribution in [3.63, 3.8) is 0 Å². The predicted molar refractivity (Wildman–Crippen MR) is 75.2 cm³/mol. The molecule has 110 valence electrons. The zero-order valence-electron chi connectivity index (χ0n) is 11.4. The van der Waals surface area contributed by atoms with E-state index in [0.717, 1.165) is 5.56 Å². The Bertz CT molecular complexity index is 459. The molecule has 0 aliphatic heterocycles. The highest BCUT2D eigenvalue weighted by Crippen LogP contribution is 2.19. The standard InChI is InChI=1S/C14H20N2O4/c1-9(10-2-4-11(15)5-3-10)8-13(18)16-7-6-12(17)14(19)20/h2-5,9,12,17H,6-8,15H2,1H3,(H,16,18)(H,19,20). The molecule has 0 spiro atoms. The Balaban J connectivity index is 2.35. The molecule has 0 aromatic heterocycles. The number of amides is 1. The zero-order chi connectivity index (χ0) is 15.1. The van der Waals surface area contributed by atoms with Crippen LogP contribution in [0.25, 0.3) is 0 Å². The molecule has 2 atom stereocenters. The monoisotopic (exact) mass is 280 g/mol. The minimum Gasteiger partial charge on any atom is -0.479 e. The van der Waals surface area contributed by atoms with Gasteiger partial charge >= 0.3 is 5.97 Å². The van der Waals surface area contributed by atoms with E-state index < -0.39 is 12.1 Å². The second kappa shape index (κ2) is 7.49. The van der Waals surface area contributed by atoms with Crippen molar-refractivity contribution in [3.05, 3.63) is 29.8 Å². The number of aliphatic hydroxyl groups excluding tert-OH is 1. The predicted octanol–water partition coefficient (Wildman–Crippen LogP) is 0.714. The number of anilines is 1. The van der Waals surface area contributed by atoms with Gasteiger partial charge in [-0.15, -0.1) is 0 Å². The normalized spacial score (nSPS) is 13.5. The number of nitrogens with two attached hydrogens (primary N) is 1. The maximum absolute atomic E-state index is 11.7. The van der Waals surface area contributed by atoms with Crippen LogP contribution in [-0.4, -0.2) is 34.7 Å². The Morgan fingerprint density at radius 3 is 2.45 bits per heavy atom. The molecule has 2 unspecified atom stereocenters. The van der Waals surface area contributed by atoms with Gasteiger partial charge in [0.05, 0.1) is 0 Å². The fourth-order valence-electron chi connectivity index (χ4n) is 1.76. The minimum absolute atomic E-state index is 0.00265. The summed E-state index contributed by atoms with van der Waals surface area (Å²) in [5, 5.41) is 20.1. The number of aliphatic hydroxyl groups is 1. The Morgan fingerprint density at radius 1 is 1.30 bits per heavy atom. The van der Waals surface area contributed by atoms with Gasteiger partial charge in [-0.05, 0) is 23.6 Å². The number of benzene rings is 1. The van der Waals surface area contributed by atoms with Crippen LogP contribution < -0.4 is 11.1 Å². The molecule has 1 aromatic carbocycles. The highest BCUT2D eigenvalue weighted by Gasteiger charge is 2.14. The number of nitrogen functional groups attached to an aromatic ring is 1. The third-order valence-electron chi connectivity index (χ3n) is 3.02. The quantitative estimate of drug-likeness (QED) is 0.550. The summed E-state index contributed by atoms with van der Waals surface area (Å²) in [6.07, 6.45) is -1.14. The van der Waals surface area contributed by atoms with Gasteiger partial charge in [0, 0.05) is 25.1 Å². The number of carboxylic acid groups (broad SMARTS) is 1. The van der Waals surface area contributed by atoms with Gasteiger partial charge in [-0.2, -0.15) is 0 Å². The first kappa shape index (κ1) is 16.0. The van der Waals surface area contributed by atoms with E-state index in [-0.39, 0.29) is 24.8 Å². The lowest BCUT2D eigenvalue weighted by Crippen LogP contribution is -2.30. The van der Waals surface area contributed by atoms with Crippen LogP contribution in [0, 0.1) is 0 Å². The molecule has 20 heavy (non-hydrogen) atoms. The van der Waals surface area contributed by atoms with Gasteiger partial charge in [-0.1, -0.05) is 19.1 Å². The van der Waals surface area contributed by atoms with Gasteiger partial charge in [0.1, 0.15) is 0 Å². The van der Waals surface area contributed by atoms with Crippen molar-refractivity contribution in [1.82, 2.24) is 5.32 Å². The van der Waals surface area contributed by atoms with Crippen LogP contribution in [0.1, 0.15) is 31.2 Å². The highest BCUT2D eigenvalue weighted by atomic mass is 16.4. The van der Waals surface area contributed by atoms with Crippen molar-refractivity contribution in [2.75, 3.05) is 12.3 Å². The SMILES string of the molecule is CC(CC(=O)NCCC(O)C(=O)O)c1ccc(N)cc1. The zero-order valence-corrected chi connectivity index (χ0v) is 11.4. The number of aliphatic carboxylic acids is 1. The van der Waals surface area contributed by atoms with Crippen LogP contribution in [-0.2, 0) is 9.59 Å². The van der Waals surface area contributed by atoms with Crippen molar-refractivity contribution in [3.8, 4) is 0 Å². The number of hydrogen-bond donors (Lipinski definition) is 4. The van der Waals surface area contributed by atoms with Crippen molar-refractivity contribution in [1.29, 1.82) is 0 Å². The van der Waals surface area contributed by atoms with Crippen molar-refractivity contribution in [2.45, 2.75) is 31.8 Å². The van der Waals surface area contributed by atoms with Crippen molar-refractivity contribution < 1.29 is 19.8 Å². The van der Waals surface area contributed by atoms with Gasteiger partial charge < -0.3 is 21.3 Å². The van der Waals surface area contributed by atoms with Crippen LogP contribution in [0.15, 0.2) is 24.3 Å². The van der Waals surface area contributed by atoms with Gasteiger partial charge in [-0.25, -0.2) is 4.79 Å². The molecule has 0 radical (unpaired) electrons. The first-order valence-electron chi connectivity index (χ1n) is 6.43. The molecular weight excluding hydrogens is 260 g/mol. The lowest BCUT2D eigenvalue weighted by molar-refractivity contribution is -0.147. The Kier molecular flexibility index (Phi) is 5.99. The maximum atomic E-state index is 11.7. The molecule has 0 aliphatic rings. The number of carbonyl (C=O) groups excluding carboxylic acids is 1. The fraction of sp³-hybridized carbons (Fsp3) is 0.429. The number of hydrogen-bond acceptors (Lipinski definition) is 4. The molecule has 5 N–H and O–H groups in total. The molecule has 0 saturated carbocycles. The van der Waals surface area contributed by atoms with E-state index in [1.807, 2.05) is 19.1 Å². The fourth-order valence-corrected chi connectivity index (χ4v) is 1.76. The third-order valence-corrected chi connectivity index (χ3v) is 3.02. The van der Waals surface area contributed by atoms with Crippen LogP contribution in [0.4, 0.5) is 5.69 Å². The van der Waals surface area contributed by atoms with Gasteiger partial charge in [0.2, 0.25) is 5.91 Å². The molecule has 0 aliphatic carbocycles. The van der Waals surface area contributed by atoms with Gasteiger partial charge in [-0.3, -0.25) is 4.79 Å². The molecule has 0 fully saturated rings. The first-order chi connectivity index (χ1) is 9.40. The van der Waals surface area contributed by atoms with E-state index >= 15 is 0 Å². The van der Waals surface area contributed by atoms with Crippen molar-refractivity contribution >= 4 is 17.6 Å². The minimum atomic E-state index is -1.44. The van der Waals surface area contributed by atoms with Crippen LogP contribution in [0.3, 0.4) is 0 Å². The molecule has 6 heteroatoms. The van der Waals surface area contributed by atoms with E-state index in [0.29, 0.717) is 12.1 Å². The molecule has 0 heterocycles. The lowest BCUT2D eigenvalue weighted by atomic mass is 9.97. The number of carbonyl (C=O) groups is 2. The molecule has 1 aromatic rings. The lowest BCUT2D eigenvalue weighted by Gasteiger charge is -2.13. The third kappa shape index (κ3) is 5.27. The summed E-state index contributed by atoms with van der Waals surface area (Å²) in [6.45, 7) is 2.07. The van der Waals surface area contributed by atoms with E-state index in [1.165, 1.54) is 0 Å². The average Bonchev–Trinajstić information content (AvgIpc) is 2.39. The summed E-state index contributed by atoms with van der Waals surface area (Å²) in [5.41, 5.74) is 7.28. The smallest absolute Gasteiger partial charge is 0.332 e. The van der Waals surface area contributed by atoms with Crippen LogP contribution in [0.2, 0.25) is 0 Å². The molecule has 0 bridgehead atoms. The van der Waals surface area contributed by atoms with Crippen molar-refractivity contribution in [2.24, 2.45) is 0 Å². The number of carboxylic acids is 1. The van der Waals surface area contributed by atoms with Gasteiger partial charge in [0.15, 0.2) is 6.10 Å². The Morgan fingerprint density at radius 2 is 1.90 bits per heavy atom. The van der Waals surface area contributed by atoms with Gasteiger partial charge in [0.25, 0.3) is 0 Å². The Labute approximate surface area is 117 Å². The summed E-state index contributed by atoms with van der Waals surface area (Å²) in [4.78, 5) is 22.1. The number of rotatable bonds is 7. The molecular formula is C14H20N2O4. The Hall–Kier alpha value is -2.08. The topological polar surface area (TPSA) is 113 Å². The van der Waals surface area contributed by atoms with E-state index in [4.69, 9.17) is 15.9 Å². The summed E-state index contributed by atoms with van der Waals surface area (Å²) >= 11 is 0. The average molecular weight is 280 g/mol. The highest BCUT2D eigenvalue weighted by molar-refractivity contribution is 5.77. The van der Waals surface area contributed by atoms with E-state index in [2.05, 4.69) is 5.32 Å². The van der Waals surface area contributed by atoms with E-state index in [9.17, 15) is 9.59 Å². The summed E-state index contributed by atoms with van der Waals surface area (Å²) in [6, 6.07) is 7.32. The second-order valence-corrected chi connectivity index (χ2v) is 4.76. The largest absolute Gasteiger partial charge is 0.479 e. The molecule has 6 nitrogen and oxygen atoms in total. The van der Waals surface area contributed by atoms with Crippen LogP contribution >= 0.6 is 0 Å². The van der Waals surface area contributed by atoms with Crippen LogP contribution in [0.5, 0.6) is 0 Å².